The number of benzene rings is 1. The van der Waals surface area contributed by atoms with Crippen molar-refractivity contribution in [3.05, 3.63) is 60.7 Å². The van der Waals surface area contributed by atoms with E-state index in [1.165, 1.54) is 22.4 Å². The molecule has 1 saturated heterocycles. The Hall–Kier alpha value is -0.950. The fourth-order valence-electron chi connectivity index (χ4n) is 6.13. The molecular formula is C26H29Br2ClN2O2. The highest BCUT2D eigenvalue weighted by Crippen LogP contribution is 2.46. The van der Waals surface area contributed by atoms with E-state index in [1.54, 1.807) is 0 Å². The van der Waals surface area contributed by atoms with Crippen LogP contribution in [0, 0.1) is 11.8 Å². The van der Waals surface area contributed by atoms with Gasteiger partial charge in [0.05, 0.1) is 11.8 Å². The first-order chi connectivity index (χ1) is 15.9. The van der Waals surface area contributed by atoms with Crippen LogP contribution in [0.1, 0.15) is 66.8 Å². The highest BCUT2D eigenvalue weighted by atomic mass is 79.9. The van der Waals surface area contributed by atoms with Crippen molar-refractivity contribution in [1.82, 2.24) is 9.88 Å². The number of amides is 1. The SMILES string of the molecule is O=C([C@H]1CCC[C@@H](O)C1)N1CCC([C@H]2c3ncc(Br)cc3CCc3cc(Cl)cc(Br)c32)CC1. The van der Waals surface area contributed by atoms with Gasteiger partial charge in [-0.15, -0.1) is 0 Å². The minimum absolute atomic E-state index is 0.0139. The second-order valence-electron chi connectivity index (χ2n) is 9.82. The first kappa shape index (κ1) is 23.8. The van der Waals surface area contributed by atoms with Gasteiger partial charge >= 0.3 is 0 Å². The van der Waals surface area contributed by atoms with Gasteiger partial charge in [0.2, 0.25) is 5.91 Å². The van der Waals surface area contributed by atoms with Crippen LogP contribution in [-0.4, -0.2) is 40.1 Å². The fraction of sp³-hybridized carbons (Fsp3) is 0.538. The number of halogens is 3. The smallest absolute Gasteiger partial charge is 0.225 e. The summed E-state index contributed by atoms with van der Waals surface area (Å²) in [5.41, 5.74) is 5.07. The van der Waals surface area contributed by atoms with Gasteiger partial charge in [-0.25, -0.2) is 0 Å². The Bertz CT molecular complexity index is 1050. The van der Waals surface area contributed by atoms with Gasteiger partial charge in [-0.2, -0.15) is 0 Å². The first-order valence-corrected chi connectivity index (χ1v) is 14.0. The maximum absolute atomic E-state index is 13.1. The molecule has 2 aliphatic carbocycles. The molecule has 0 radical (unpaired) electrons. The van der Waals surface area contributed by atoms with Crippen LogP contribution >= 0.6 is 43.5 Å². The first-order valence-electron chi connectivity index (χ1n) is 12.0. The van der Waals surface area contributed by atoms with Crippen LogP contribution in [0.25, 0.3) is 0 Å². The summed E-state index contributed by atoms with van der Waals surface area (Å²) < 4.78 is 2.07. The second kappa shape index (κ2) is 9.96. The van der Waals surface area contributed by atoms with E-state index in [0.29, 0.717) is 12.3 Å². The normalized spacial score (nSPS) is 25.8. The van der Waals surface area contributed by atoms with Gasteiger partial charge in [0, 0.05) is 45.1 Å². The number of nitrogens with zero attached hydrogens (tertiary/aromatic N) is 2. The van der Waals surface area contributed by atoms with E-state index in [2.05, 4.69) is 44.0 Å². The zero-order valence-corrected chi connectivity index (χ0v) is 22.5. The van der Waals surface area contributed by atoms with E-state index < -0.39 is 0 Å². The van der Waals surface area contributed by atoms with Gasteiger partial charge in [0.25, 0.3) is 0 Å². The topological polar surface area (TPSA) is 53.4 Å². The number of aliphatic hydroxyl groups excluding tert-OH is 1. The van der Waals surface area contributed by atoms with Crippen molar-refractivity contribution in [2.45, 2.75) is 63.4 Å². The molecule has 1 N–H and O–H groups in total. The van der Waals surface area contributed by atoms with Crippen molar-refractivity contribution in [3.63, 3.8) is 0 Å². The lowest BCUT2D eigenvalue weighted by molar-refractivity contribution is -0.139. The molecule has 3 aliphatic rings. The van der Waals surface area contributed by atoms with Crippen molar-refractivity contribution in [2.24, 2.45) is 11.8 Å². The summed E-state index contributed by atoms with van der Waals surface area (Å²) in [5, 5.41) is 10.8. The average Bonchev–Trinajstić information content (AvgIpc) is 2.95. The summed E-state index contributed by atoms with van der Waals surface area (Å²) in [5.74, 6) is 0.822. The van der Waals surface area contributed by atoms with Crippen molar-refractivity contribution >= 4 is 49.4 Å². The van der Waals surface area contributed by atoms with E-state index in [4.69, 9.17) is 16.6 Å². The average molecular weight is 597 g/mol. The summed E-state index contributed by atoms with van der Waals surface area (Å²) in [6.45, 7) is 1.55. The van der Waals surface area contributed by atoms with E-state index in [0.717, 1.165) is 72.0 Å². The van der Waals surface area contributed by atoms with Gasteiger partial charge in [0.1, 0.15) is 0 Å². The lowest BCUT2D eigenvalue weighted by atomic mass is 9.76. The molecule has 2 aromatic rings. The van der Waals surface area contributed by atoms with Gasteiger partial charge in [-0.3, -0.25) is 9.78 Å². The summed E-state index contributed by atoms with van der Waals surface area (Å²) in [6.07, 6.45) is 8.69. The molecule has 2 heterocycles. The predicted octanol–water partition coefficient (Wildman–Crippen LogP) is 6.28. The molecule has 2 fully saturated rings. The molecule has 5 rings (SSSR count). The molecule has 1 amide bonds. The van der Waals surface area contributed by atoms with Crippen molar-refractivity contribution in [2.75, 3.05) is 13.1 Å². The van der Waals surface area contributed by atoms with E-state index in [9.17, 15) is 9.90 Å². The third-order valence-electron chi connectivity index (χ3n) is 7.74. The molecule has 1 aromatic carbocycles. The Morgan fingerprint density at radius 3 is 2.58 bits per heavy atom. The monoisotopic (exact) mass is 594 g/mol. The number of aliphatic hydroxyl groups is 1. The number of likely N-dealkylation sites (tertiary alicyclic amines) is 1. The summed E-state index contributed by atoms with van der Waals surface area (Å²) in [7, 11) is 0. The summed E-state index contributed by atoms with van der Waals surface area (Å²) >= 11 is 13.9. The number of pyridine rings is 1. The molecule has 176 valence electrons. The maximum atomic E-state index is 13.1. The Morgan fingerprint density at radius 2 is 1.82 bits per heavy atom. The summed E-state index contributed by atoms with van der Waals surface area (Å²) in [6, 6.07) is 6.33. The number of rotatable bonds is 2. The molecule has 3 atom stereocenters. The van der Waals surface area contributed by atoms with Crippen LogP contribution in [-0.2, 0) is 17.6 Å². The summed E-state index contributed by atoms with van der Waals surface area (Å²) in [4.78, 5) is 20.1. The van der Waals surface area contributed by atoms with Crippen molar-refractivity contribution in [3.8, 4) is 0 Å². The van der Waals surface area contributed by atoms with Crippen LogP contribution in [0.4, 0.5) is 0 Å². The van der Waals surface area contributed by atoms with Gasteiger partial charge in [-0.05, 0) is 102 Å². The maximum Gasteiger partial charge on any atom is 0.225 e. The number of aryl methyl sites for hydroxylation is 2. The van der Waals surface area contributed by atoms with Crippen LogP contribution in [0.5, 0.6) is 0 Å². The van der Waals surface area contributed by atoms with E-state index in [1.807, 2.05) is 17.2 Å². The molecule has 0 unspecified atom stereocenters. The molecule has 4 nitrogen and oxygen atoms in total. The molecule has 1 aromatic heterocycles. The third-order valence-corrected chi connectivity index (χ3v) is 9.04. The standard InChI is InChI=1S/C26H29Br2ClN2O2/c27-19-10-17-5-4-16-11-20(29)13-22(28)23(16)24(25(17)30-14-19)15-6-8-31(9-7-15)26(33)18-2-1-3-21(32)12-18/h10-11,13-15,18,21,24,32H,1-9,12H2/t18-,21+,24+/m0/s1. The minimum Gasteiger partial charge on any atom is -0.393 e. The number of fused-ring (bicyclic) bond motifs is 2. The number of carbonyl (C=O) groups is 1. The fourth-order valence-corrected chi connectivity index (χ4v) is 7.63. The number of hydrogen-bond donors (Lipinski definition) is 1. The van der Waals surface area contributed by atoms with Crippen LogP contribution in [0.2, 0.25) is 5.02 Å². The van der Waals surface area contributed by atoms with E-state index in [-0.39, 0.29) is 23.8 Å². The molecule has 33 heavy (non-hydrogen) atoms. The molecule has 7 heteroatoms. The lowest BCUT2D eigenvalue weighted by Crippen LogP contribution is -2.44. The largest absolute Gasteiger partial charge is 0.393 e. The lowest BCUT2D eigenvalue weighted by Gasteiger charge is -2.39. The number of hydrogen-bond acceptors (Lipinski definition) is 3. The minimum atomic E-state index is -0.321. The quantitative estimate of drug-likeness (QED) is 0.444. The Labute approximate surface area is 217 Å². The van der Waals surface area contributed by atoms with Gasteiger partial charge < -0.3 is 10.0 Å². The number of carbonyl (C=O) groups excluding carboxylic acids is 1. The third kappa shape index (κ3) is 4.91. The van der Waals surface area contributed by atoms with E-state index >= 15 is 0 Å². The molecule has 0 bridgehead atoms. The van der Waals surface area contributed by atoms with Gasteiger partial charge in [-0.1, -0.05) is 34.0 Å². The second-order valence-corrected chi connectivity index (χ2v) is 12.0. The van der Waals surface area contributed by atoms with Crippen LogP contribution in [0.15, 0.2) is 33.3 Å². The van der Waals surface area contributed by atoms with Crippen molar-refractivity contribution in [1.29, 1.82) is 0 Å². The molecule has 1 saturated carbocycles. The molecule has 1 aliphatic heterocycles. The van der Waals surface area contributed by atoms with Crippen molar-refractivity contribution < 1.29 is 9.90 Å². The Balaban J connectivity index is 1.42. The highest BCUT2D eigenvalue weighted by molar-refractivity contribution is 9.10. The zero-order valence-electron chi connectivity index (χ0n) is 18.6. The highest BCUT2D eigenvalue weighted by Gasteiger charge is 2.37. The zero-order chi connectivity index (χ0) is 23.1. The predicted molar refractivity (Wildman–Crippen MR) is 138 cm³/mol. The molecule has 0 spiro atoms. The Morgan fingerprint density at radius 1 is 1.06 bits per heavy atom. The molecular weight excluding hydrogens is 568 g/mol. The number of aromatic nitrogens is 1. The van der Waals surface area contributed by atoms with Crippen LogP contribution in [0.3, 0.4) is 0 Å². The number of piperidine rings is 1. The Kier molecular flexibility index (Phi) is 7.18. The van der Waals surface area contributed by atoms with Gasteiger partial charge in [0.15, 0.2) is 0 Å². The van der Waals surface area contributed by atoms with Crippen LogP contribution < -0.4 is 0 Å².